The Bertz CT molecular complexity index is 461. The third kappa shape index (κ3) is 2.96. The van der Waals surface area contributed by atoms with E-state index in [2.05, 4.69) is 29.5 Å². The summed E-state index contributed by atoms with van der Waals surface area (Å²) in [7, 11) is 0. The molecule has 118 valence electrons. The van der Waals surface area contributed by atoms with Crippen LogP contribution in [0.5, 0.6) is 0 Å². The summed E-state index contributed by atoms with van der Waals surface area (Å²) in [6, 6.07) is 1.25. The molecule has 0 bridgehead atoms. The molecule has 2 aliphatic rings. The van der Waals surface area contributed by atoms with Crippen molar-refractivity contribution in [2.45, 2.75) is 70.9 Å². The molecule has 1 saturated heterocycles. The van der Waals surface area contributed by atoms with Crippen LogP contribution >= 0.6 is 0 Å². The quantitative estimate of drug-likeness (QED) is 0.926. The molecule has 2 atom stereocenters. The second-order valence-corrected chi connectivity index (χ2v) is 6.91. The maximum Gasteiger partial charge on any atom is 0.206 e. The van der Waals surface area contributed by atoms with Gasteiger partial charge in [-0.3, -0.25) is 0 Å². The van der Waals surface area contributed by atoms with Crippen molar-refractivity contribution in [1.29, 1.82) is 0 Å². The van der Waals surface area contributed by atoms with Crippen molar-refractivity contribution >= 4 is 5.95 Å². The topological polar surface area (TPSA) is 47.1 Å². The van der Waals surface area contributed by atoms with Crippen molar-refractivity contribution in [3.05, 3.63) is 11.9 Å². The van der Waals surface area contributed by atoms with Gasteiger partial charge in [0.2, 0.25) is 5.95 Å². The molecule has 1 aromatic heterocycles. The molecule has 2 heterocycles. The molecule has 2 N–H and O–H groups in total. The van der Waals surface area contributed by atoms with Gasteiger partial charge >= 0.3 is 0 Å². The molecule has 0 aromatic carbocycles. The lowest BCUT2D eigenvalue weighted by Gasteiger charge is -2.39. The third-order valence-corrected chi connectivity index (χ3v) is 5.41. The van der Waals surface area contributed by atoms with Crippen molar-refractivity contribution in [3.8, 4) is 0 Å². The Morgan fingerprint density at radius 2 is 2.00 bits per heavy atom. The summed E-state index contributed by atoms with van der Waals surface area (Å²) < 4.78 is 2.49. The number of imidazole rings is 1. The summed E-state index contributed by atoms with van der Waals surface area (Å²) in [5.41, 5.74) is 7.16. The van der Waals surface area contributed by atoms with Crippen LogP contribution in [0.25, 0.3) is 0 Å². The van der Waals surface area contributed by atoms with Gasteiger partial charge in [-0.1, -0.05) is 19.8 Å². The molecule has 0 amide bonds. The van der Waals surface area contributed by atoms with Gasteiger partial charge < -0.3 is 15.2 Å². The van der Waals surface area contributed by atoms with Gasteiger partial charge in [-0.05, 0) is 51.5 Å². The zero-order valence-electron chi connectivity index (χ0n) is 13.6. The van der Waals surface area contributed by atoms with E-state index in [0.29, 0.717) is 18.0 Å². The molecule has 2 fully saturated rings. The zero-order valence-corrected chi connectivity index (χ0v) is 13.6. The molecule has 1 aromatic rings. The minimum atomic E-state index is 0.583. The lowest BCUT2D eigenvalue weighted by molar-refractivity contribution is 0.362. The highest BCUT2D eigenvalue weighted by Crippen LogP contribution is 2.35. The summed E-state index contributed by atoms with van der Waals surface area (Å²) in [6.45, 7) is 6.41. The van der Waals surface area contributed by atoms with E-state index in [4.69, 9.17) is 10.7 Å². The second-order valence-electron chi connectivity index (χ2n) is 6.91. The fourth-order valence-electron chi connectivity index (χ4n) is 3.92. The largest absolute Gasteiger partial charge is 0.339 e. The maximum absolute atomic E-state index is 5.93. The van der Waals surface area contributed by atoms with E-state index < -0.39 is 0 Å². The van der Waals surface area contributed by atoms with Gasteiger partial charge in [-0.2, -0.15) is 0 Å². The predicted octanol–water partition coefficient (Wildman–Crippen LogP) is 3.12. The highest BCUT2D eigenvalue weighted by Gasteiger charge is 2.30. The van der Waals surface area contributed by atoms with Gasteiger partial charge in [0.05, 0.1) is 5.69 Å². The summed E-state index contributed by atoms with van der Waals surface area (Å²) in [5, 5.41) is 0. The minimum absolute atomic E-state index is 0.583. The molecule has 4 nitrogen and oxygen atoms in total. The van der Waals surface area contributed by atoms with Crippen LogP contribution in [0.4, 0.5) is 5.95 Å². The SMILES string of the molecule is CCc1cn(C2CCCC2)c(N2CC(CN)CCC2C)n1. The molecule has 1 saturated carbocycles. The number of rotatable bonds is 4. The molecule has 0 radical (unpaired) electrons. The van der Waals surface area contributed by atoms with Gasteiger partial charge in [0.1, 0.15) is 0 Å². The Morgan fingerprint density at radius 3 is 2.67 bits per heavy atom. The number of piperidine rings is 1. The molecule has 4 heteroatoms. The van der Waals surface area contributed by atoms with Crippen LogP contribution in [0.3, 0.4) is 0 Å². The zero-order chi connectivity index (χ0) is 14.8. The van der Waals surface area contributed by atoms with Crippen LogP contribution in [0.15, 0.2) is 6.20 Å². The predicted molar refractivity (Wildman–Crippen MR) is 87.7 cm³/mol. The summed E-state index contributed by atoms with van der Waals surface area (Å²) in [4.78, 5) is 7.49. The molecular formula is C17H30N4. The van der Waals surface area contributed by atoms with Crippen molar-refractivity contribution in [3.63, 3.8) is 0 Å². The third-order valence-electron chi connectivity index (χ3n) is 5.41. The lowest BCUT2D eigenvalue weighted by Crippen LogP contribution is -2.45. The Hall–Kier alpha value is -1.03. The van der Waals surface area contributed by atoms with Gasteiger partial charge in [0, 0.05) is 24.8 Å². The molecule has 2 unspecified atom stereocenters. The van der Waals surface area contributed by atoms with Crippen molar-refractivity contribution < 1.29 is 0 Å². The first kappa shape index (κ1) is 14.9. The van der Waals surface area contributed by atoms with Crippen molar-refractivity contribution in [2.24, 2.45) is 11.7 Å². The molecular weight excluding hydrogens is 260 g/mol. The number of nitrogens with two attached hydrogens (primary N) is 1. The summed E-state index contributed by atoms with van der Waals surface area (Å²) in [5.74, 6) is 1.84. The van der Waals surface area contributed by atoms with E-state index in [0.717, 1.165) is 19.5 Å². The highest BCUT2D eigenvalue weighted by atomic mass is 15.3. The standard InChI is InChI=1S/C17H30N4/c1-3-15-12-21(16-6-4-5-7-16)17(19-15)20-11-14(10-18)9-8-13(20)2/h12-14,16H,3-11,18H2,1-2H3. The molecule has 21 heavy (non-hydrogen) atoms. The molecule has 1 aliphatic heterocycles. The first-order chi connectivity index (χ1) is 10.2. The van der Waals surface area contributed by atoms with Crippen molar-refractivity contribution in [1.82, 2.24) is 9.55 Å². The van der Waals surface area contributed by atoms with Crippen LogP contribution < -0.4 is 10.6 Å². The van der Waals surface area contributed by atoms with Crippen LogP contribution in [-0.4, -0.2) is 28.7 Å². The van der Waals surface area contributed by atoms with Gasteiger partial charge in [-0.25, -0.2) is 4.98 Å². The van der Waals surface area contributed by atoms with Gasteiger partial charge in [0.25, 0.3) is 0 Å². The van der Waals surface area contributed by atoms with Crippen LogP contribution in [0.1, 0.15) is 64.1 Å². The van der Waals surface area contributed by atoms with Crippen molar-refractivity contribution in [2.75, 3.05) is 18.0 Å². The van der Waals surface area contributed by atoms with E-state index in [1.54, 1.807) is 0 Å². The normalized spacial score (nSPS) is 27.5. The number of aromatic nitrogens is 2. The maximum atomic E-state index is 5.93. The Kier molecular flexibility index (Phi) is 4.53. The lowest BCUT2D eigenvalue weighted by atomic mass is 9.94. The summed E-state index contributed by atoms with van der Waals surface area (Å²) >= 11 is 0. The second kappa shape index (κ2) is 6.39. The number of hydrogen-bond acceptors (Lipinski definition) is 3. The Labute approximate surface area is 128 Å². The van der Waals surface area contributed by atoms with E-state index in [-0.39, 0.29) is 0 Å². The van der Waals surface area contributed by atoms with E-state index in [1.807, 2.05) is 0 Å². The number of anilines is 1. The number of aryl methyl sites for hydroxylation is 1. The fourth-order valence-corrected chi connectivity index (χ4v) is 3.92. The first-order valence-corrected chi connectivity index (χ1v) is 8.77. The molecule has 1 aliphatic carbocycles. The monoisotopic (exact) mass is 290 g/mol. The van der Waals surface area contributed by atoms with Crippen LogP contribution in [-0.2, 0) is 6.42 Å². The molecule has 3 rings (SSSR count). The number of nitrogens with zero attached hydrogens (tertiary/aromatic N) is 3. The minimum Gasteiger partial charge on any atom is -0.339 e. The Morgan fingerprint density at radius 1 is 1.24 bits per heavy atom. The van der Waals surface area contributed by atoms with Gasteiger partial charge in [-0.15, -0.1) is 0 Å². The Balaban J connectivity index is 1.89. The number of hydrogen-bond donors (Lipinski definition) is 1. The highest BCUT2D eigenvalue weighted by molar-refractivity contribution is 5.37. The van der Waals surface area contributed by atoms with Crippen LogP contribution in [0.2, 0.25) is 0 Å². The average Bonchev–Trinajstić information content (AvgIpc) is 3.16. The smallest absolute Gasteiger partial charge is 0.206 e. The van der Waals surface area contributed by atoms with E-state index in [1.165, 1.54) is 50.2 Å². The van der Waals surface area contributed by atoms with Gasteiger partial charge in [0.15, 0.2) is 0 Å². The van der Waals surface area contributed by atoms with E-state index >= 15 is 0 Å². The van der Waals surface area contributed by atoms with E-state index in [9.17, 15) is 0 Å². The average molecular weight is 290 g/mol. The first-order valence-electron chi connectivity index (χ1n) is 8.77. The molecule has 0 spiro atoms. The van der Waals surface area contributed by atoms with Crippen LogP contribution in [0, 0.1) is 5.92 Å². The summed E-state index contributed by atoms with van der Waals surface area (Å²) in [6.07, 6.45) is 11.2. The fraction of sp³-hybridized carbons (Fsp3) is 0.824.